The van der Waals surface area contributed by atoms with Crippen LogP contribution < -0.4 is 0 Å². The van der Waals surface area contributed by atoms with E-state index in [9.17, 15) is 8.78 Å². The van der Waals surface area contributed by atoms with Gasteiger partial charge in [0, 0.05) is 6.42 Å². The van der Waals surface area contributed by atoms with Gasteiger partial charge in [-0.1, -0.05) is 20.8 Å². The first-order valence-corrected chi connectivity index (χ1v) is 3.32. The molecule has 2 heteroatoms. The Morgan fingerprint density at radius 1 is 1.11 bits per heavy atom. The normalized spacial score (nSPS) is 15.0. The van der Waals surface area contributed by atoms with Gasteiger partial charge in [0.2, 0.25) is 6.43 Å². The lowest BCUT2D eigenvalue weighted by atomic mass is 9.95. The van der Waals surface area contributed by atoms with Crippen molar-refractivity contribution in [1.29, 1.82) is 0 Å². The minimum atomic E-state index is -2.14. The summed E-state index contributed by atoms with van der Waals surface area (Å²) in [6.07, 6.45) is -2.10. The largest absolute Gasteiger partial charge is 0.238 e. The van der Waals surface area contributed by atoms with E-state index in [2.05, 4.69) is 0 Å². The van der Waals surface area contributed by atoms with Crippen molar-refractivity contribution in [2.24, 2.45) is 11.8 Å². The molecular weight excluding hydrogens is 122 g/mol. The zero-order valence-corrected chi connectivity index (χ0v) is 6.20. The maximum Gasteiger partial charge on any atom is 0.238 e. The Balaban J connectivity index is 3.38. The van der Waals surface area contributed by atoms with Gasteiger partial charge in [-0.05, 0) is 11.8 Å². The van der Waals surface area contributed by atoms with Crippen molar-refractivity contribution in [2.45, 2.75) is 33.6 Å². The maximum absolute atomic E-state index is 11.6. The third kappa shape index (κ3) is 4.37. The highest BCUT2D eigenvalue weighted by atomic mass is 19.3. The van der Waals surface area contributed by atoms with Crippen molar-refractivity contribution < 1.29 is 8.78 Å². The molecule has 0 aromatic rings. The van der Waals surface area contributed by atoms with Gasteiger partial charge >= 0.3 is 0 Å². The Morgan fingerprint density at radius 2 is 1.56 bits per heavy atom. The summed E-state index contributed by atoms with van der Waals surface area (Å²) in [4.78, 5) is 0. The van der Waals surface area contributed by atoms with E-state index in [4.69, 9.17) is 0 Å². The Morgan fingerprint density at radius 3 is 1.67 bits per heavy atom. The molecule has 0 aliphatic carbocycles. The van der Waals surface area contributed by atoms with Crippen molar-refractivity contribution in [3.63, 3.8) is 0 Å². The summed E-state index contributed by atoms with van der Waals surface area (Å²) in [5.74, 6) is 0.518. The summed E-state index contributed by atoms with van der Waals surface area (Å²) in [6, 6.07) is 0. The van der Waals surface area contributed by atoms with E-state index < -0.39 is 6.43 Å². The smallest absolute Gasteiger partial charge is 0.211 e. The number of alkyl halides is 2. The van der Waals surface area contributed by atoms with Gasteiger partial charge in [-0.15, -0.1) is 0 Å². The van der Waals surface area contributed by atoms with Crippen LogP contribution in [-0.4, -0.2) is 6.43 Å². The van der Waals surface area contributed by atoms with E-state index in [-0.39, 0.29) is 12.3 Å². The lowest BCUT2D eigenvalue weighted by Crippen LogP contribution is -2.08. The zero-order chi connectivity index (χ0) is 7.44. The molecule has 1 atom stereocenters. The van der Waals surface area contributed by atoms with Crippen LogP contribution in [-0.2, 0) is 0 Å². The average Bonchev–Trinajstić information content (AvgIpc) is 1.63. The van der Waals surface area contributed by atoms with Crippen LogP contribution in [0.5, 0.6) is 0 Å². The van der Waals surface area contributed by atoms with Crippen LogP contribution in [0.25, 0.3) is 0 Å². The van der Waals surface area contributed by atoms with Gasteiger partial charge in [0.05, 0.1) is 0 Å². The van der Waals surface area contributed by atoms with Crippen LogP contribution in [0.2, 0.25) is 0 Å². The molecule has 0 rings (SSSR count). The topological polar surface area (TPSA) is 0 Å². The molecule has 0 bridgehead atoms. The quantitative estimate of drug-likeness (QED) is 0.559. The lowest BCUT2D eigenvalue weighted by Gasteiger charge is -2.13. The second kappa shape index (κ2) is 3.80. The minimum Gasteiger partial charge on any atom is -0.211 e. The molecule has 0 spiro atoms. The Bertz CT molecular complexity index is 69.3. The summed E-state index contributed by atoms with van der Waals surface area (Å²) in [6.45, 7) is 5.79. The highest BCUT2D eigenvalue weighted by molar-refractivity contribution is 4.57. The molecule has 1 unspecified atom stereocenters. The van der Waals surface area contributed by atoms with Crippen LogP contribution in [0, 0.1) is 11.8 Å². The Hall–Kier alpha value is -0.140. The van der Waals surface area contributed by atoms with Gasteiger partial charge in [-0.25, -0.2) is 8.78 Å². The number of rotatable bonds is 3. The number of halogens is 2. The zero-order valence-electron chi connectivity index (χ0n) is 6.20. The van der Waals surface area contributed by atoms with E-state index in [0.29, 0.717) is 5.92 Å². The van der Waals surface area contributed by atoms with Gasteiger partial charge in [-0.3, -0.25) is 0 Å². The first-order valence-electron chi connectivity index (χ1n) is 3.32. The van der Waals surface area contributed by atoms with Crippen LogP contribution in [0.15, 0.2) is 0 Å². The molecular formula is C7H14F2. The third-order valence-electron chi connectivity index (χ3n) is 1.69. The molecule has 0 N–H and O–H groups in total. The number of hydrogen-bond donors (Lipinski definition) is 0. The molecule has 9 heavy (non-hydrogen) atoms. The molecule has 56 valence electrons. The van der Waals surface area contributed by atoms with E-state index in [1.807, 2.05) is 20.8 Å². The predicted molar refractivity (Wildman–Crippen MR) is 34.6 cm³/mol. The fraction of sp³-hybridized carbons (Fsp3) is 1.00. The van der Waals surface area contributed by atoms with Gasteiger partial charge in [0.1, 0.15) is 0 Å². The van der Waals surface area contributed by atoms with Crippen molar-refractivity contribution in [3.8, 4) is 0 Å². The minimum absolute atomic E-state index is 0.0394. The van der Waals surface area contributed by atoms with Gasteiger partial charge in [0.15, 0.2) is 0 Å². The van der Waals surface area contributed by atoms with E-state index in [1.54, 1.807) is 0 Å². The second-order valence-electron chi connectivity index (χ2n) is 2.85. The molecule has 0 heterocycles. The Labute approximate surface area is 55.3 Å². The fourth-order valence-electron chi connectivity index (χ4n) is 0.553. The monoisotopic (exact) mass is 136 g/mol. The standard InChI is InChI=1S/C7H14F2/c1-5(2)6(3)4-7(8)9/h5-7H,4H2,1-3H3. The van der Waals surface area contributed by atoms with Gasteiger partial charge in [-0.2, -0.15) is 0 Å². The maximum atomic E-state index is 11.6. The predicted octanol–water partition coefficient (Wildman–Crippen LogP) is 2.93. The van der Waals surface area contributed by atoms with Crippen molar-refractivity contribution in [1.82, 2.24) is 0 Å². The number of hydrogen-bond acceptors (Lipinski definition) is 0. The third-order valence-corrected chi connectivity index (χ3v) is 1.69. The summed E-state index contributed by atoms with van der Waals surface area (Å²) in [5.41, 5.74) is 0. The summed E-state index contributed by atoms with van der Waals surface area (Å²) < 4.78 is 23.3. The van der Waals surface area contributed by atoms with Crippen molar-refractivity contribution in [3.05, 3.63) is 0 Å². The summed E-state index contributed by atoms with van der Waals surface area (Å²) in [7, 11) is 0. The fourth-order valence-corrected chi connectivity index (χ4v) is 0.553. The first-order chi connectivity index (χ1) is 4.04. The second-order valence-corrected chi connectivity index (χ2v) is 2.85. The molecule has 0 aliphatic heterocycles. The van der Waals surface area contributed by atoms with Crippen LogP contribution in [0.3, 0.4) is 0 Å². The van der Waals surface area contributed by atoms with E-state index >= 15 is 0 Å². The Kier molecular flexibility index (Phi) is 3.75. The van der Waals surface area contributed by atoms with Crippen LogP contribution in [0.1, 0.15) is 27.2 Å². The molecule has 0 fully saturated rings. The molecule has 0 amide bonds. The van der Waals surface area contributed by atoms with Crippen LogP contribution in [0.4, 0.5) is 8.78 Å². The first kappa shape index (κ1) is 8.86. The lowest BCUT2D eigenvalue weighted by molar-refractivity contribution is 0.107. The molecule has 0 saturated carbocycles. The van der Waals surface area contributed by atoms with E-state index in [0.717, 1.165) is 0 Å². The van der Waals surface area contributed by atoms with Gasteiger partial charge in [0.25, 0.3) is 0 Å². The van der Waals surface area contributed by atoms with Crippen LogP contribution >= 0.6 is 0 Å². The van der Waals surface area contributed by atoms with Gasteiger partial charge < -0.3 is 0 Å². The molecule has 0 aliphatic rings. The molecule has 0 aromatic heterocycles. The summed E-state index contributed by atoms with van der Waals surface area (Å²) >= 11 is 0. The molecule has 0 radical (unpaired) electrons. The van der Waals surface area contributed by atoms with Crippen molar-refractivity contribution >= 4 is 0 Å². The molecule has 0 saturated heterocycles. The molecule has 0 aromatic carbocycles. The highest BCUT2D eigenvalue weighted by Gasteiger charge is 2.12. The van der Waals surface area contributed by atoms with Crippen molar-refractivity contribution in [2.75, 3.05) is 0 Å². The summed E-state index contributed by atoms with van der Waals surface area (Å²) in [5, 5.41) is 0. The SMILES string of the molecule is CC(C)C(C)CC(F)F. The molecule has 0 nitrogen and oxygen atoms in total. The average molecular weight is 136 g/mol. The van der Waals surface area contributed by atoms with E-state index in [1.165, 1.54) is 0 Å². The highest BCUT2D eigenvalue weighted by Crippen LogP contribution is 2.17.